The predicted molar refractivity (Wildman–Crippen MR) is 130 cm³/mol. The highest BCUT2D eigenvalue weighted by Gasteiger charge is 2.67. The number of imide groups is 1. The first-order valence-electron chi connectivity index (χ1n) is 11.6. The van der Waals surface area contributed by atoms with Gasteiger partial charge in [-0.1, -0.05) is 40.2 Å². The summed E-state index contributed by atoms with van der Waals surface area (Å²) < 4.78 is 6.32. The van der Waals surface area contributed by atoms with Gasteiger partial charge in [-0.05, 0) is 72.9 Å². The van der Waals surface area contributed by atoms with E-state index in [2.05, 4.69) is 28.1 Å². The van der Waals surface area contributed by atoms with E-state index in [1.54, 1.807) is 24.3 Å². The largest absolute Gasteiger partial charge is 0.496 e. The van der Waals surface area contributed by atoms with Crippen LogP contribution in [-0.4, -0.2) is 36.4 Å². The number of likely N-dealkylation sites (tertiary alicyclic amines) is 1. The van der Waals surface area contributed by atoms with Crippen molar-refractivity contribution < 1.29 is 19.1 Å². The third-order valence-corrected chi connectivity index (χ3v) is 8.56. The number of methoxy groups -OCH3 is 1. The molecule has 3 amide bonds. The maximum absolute atomic E-state index is 13.9. The van der Waals surface area contributed by atoms with Gasteiger partial charge in [0.2, 0.25) is 11.8 Å². The first-order chi connectivity index (χ1) is 16.4. The fourth-order valence-electron chi connectivity index (χ4n) is 6.44. The van der Waals surface area contributed by atoms with Crippen molar-refractivity contribution in [2.45, 2.75) is 13.3 Å². The third-order valence-electron chi connectivity index (χ3n) is 8.07. The number of anilines is 1. The second-order valence-electron chi connectivity index (χ2n) is 9.76. The van der Waals surface area contributed by atoms with Crippen LogP contribution in [0, 0.1) is 42.4 Å². The van der Waals surface area contributed by atoms with Gasteiger partial charge in [-0.3, -0.25) is 24.2 Å². The summed E-state index contributed by atoms with van der Waals surface area (Å²) in [7, 11) is 1.52. The number of allylic oxidation sites excluding steroid dienone is 2. The zero-order valence-electron chi connectivity index (χ0n) is 19.0. The number of ether oxygens (including phenoxy) is 1. The van der Waals surface area contributed by atoms with Crippen molar-refractivity contribution in [3.05, 3.63) is 70.2 Å². The second kappa shape index (κ2) is 7.80. The third kappa shape index (κ3) is 3.09. The molecule has 5 aliphatic rings. The van der Waals surface area contributed by atoms with Gasteiger partial charge in [0.15, 0.2) is 0 Å². The van der Waals surface area contributed by atoms with E-state index >= 15 is 0 Å². The summed E-state index contributed by atoms with van der Waals surface area (Å²) in [6.07, 6.45) is 5.43. The Labute approximate surface area is 206 Å². The Kier molecular flexibility index (Phi) is 4.96. The number of para-hydroxylation sites is 1. The van der Waals surface area contributed by atoms with E-state index in [1.807, 2.05) is 25.1 Å². The summed E-state index contributed by atoms with van der Waals surface area (Å²) in [5.74, 6) is 0.620. The van der Waals surface area contributed by atoms with Crippen LogP contribution >= 0.6 is 15.9 Å². The Morgan fingerprint density at radius 3 is 2.32 bits per heavy atom. The lowest BCUT2D eigenvalue weighted by molar-refractivity contribution is -0.140. The molecule has 6 atom stereocenters. The van der Waals surface area contributed by atoms with Gasteiger partial charge >= 0.3 is 0 Å². The van der Waals surface area contributed by atoms with Crippen molar-refractivity contribution in [3.8, 4) is 5.75 Å². The first-order valence-corrected chi connectivity index (χ1v) is 12.4. The van der Waals surface area contributed by atoms with Gasteiger partial charge in [0.05, 0.1) is 24.5 Å². The lowest BCUT2D eigenvalue weighted by Crippen LogP contribution is -2.45. The lowest BCUT2D eigenvalue weighted by atomic mass is 9.63. The molecule has 174 valence electrons. The maximum atomic E-state index is 13.9. The zero-order valence-corrected chi connectivity index (χ0v) is 20.6. The molecule has 0 N–H and O–H groups in total. The number of halogens is 1. The van der Waals surface area contributed by atoms with Gasteiger partial charge in [0.25, 0.3) is 5.91 Å². The summed E-state index contributed by atoms with van der Waals surface area (Å²) in [5.41, 5.74) is 1.89. The topological polar surface area (TPSA) is 66.9 Å². The Morgan fingerprint density at radius 1 is 1.06 bits per heavy atom. The van der Waals surface area contributed by atoms with Crippen molar-refractivity contribution in [1.82, 2.24) is 4.90 Å². The Balaban J connectivity index is 1.38. The molecule has 1 saturated heterocycles. The fraction of sp³-hybridized carbons (Fsp3) is 0.370. The van der Waals surface area contributed by atoms with E-state index in [0.717, 1.165) is 16.5 Å². The summed E-state index contributed by atoms with van der Waals surface area (Å²) in [4.78, 5) is 43.9. The Morgan fingerprint density at radius 2 is 1.71 bits per heavy atom. The van der Waals surface area contributed by atoms with Crippen LogP contribution < -0.4 is 9.64 Å². The molecule has 2 aromatic rings. The number of carbonyl (C=O) groups is 3. The van der Waals surface area contributed by atoms with Gasteiger partial charge < -0.3 is 4.74 Å². The summed E-state index contributed by atoms with van der Waals surface area (Å²) in [6, 6.07) is 12.6. The molecule has 34 heavy (non-hydrogen) atoms. The highest BCUT2D eigenvalue weighted by Crippen LogP contribution is 2.65. The van der Waals surface area contributed by atoms with Crippen LogP contribution in [0.2, 0.25) is 0 Å². The molecule has 0 aromatic heterocycles. The van der Waals surface area contributed by atoms with E-state index in [0.29, 0.717) is 28.8 Å². The molecule has 6 unspecified atom stereocenters. The van der Waals surface area contributed by atoms with E-state index in [1.165, 1.54) is 16.9 Å². The average Bonchev–Trinajstić information content (AvgIpc) is 3.62. The van der Waals surface area contributed by atoms with Crippen LogP contribution in [0.15, 0.2) is 59.1 Å². The normalized spacial score (nSPS) is 30.3. The van der Waals surface area contributed by atoms with Gasteiger partial charge in [-0.15, -0.1) is 0 Å². The zero-order chi connectivity index (χ0) is 23.7. The molecule has 0 spiro atoms. The molecular weight excluding hydrogens is 496 g/mol. The van der Waals surface area contributed by atoms with Gasteiger partial charge in [0.1, 0.15) is 12.4 Å². The number of hydrogen-bond acceptors (Lipinski definition) is 4. The number of benzene rings is 2. The number of amides is 3. The summed E-state index contributed by atoms with van der Waals surface area (Å²) >= 11 is 3.48. The van der Waals surface area contributed by atoms with Crippen LogP contribution in [0.3, 0.4) is 0 Å². The Bertz CT molecular complexity index is 1220. The predicted octanol–water partition coefficient (Wildman–Crippen LogP) is 4.42. The molecule has 7 rings (SSSR count). The number of aryl methyl sites for hydroxylation is 1. The van der Waals surface area contributed by atoms with Crippen molar-refractivity contribution >= 4 is 39.3 Å². The summed E-state index contributed by atoms with van der Waals surface area (Å²) in [5, 5.41) is 0. The van der Waals surface area contributed by atoms with Crippen LogP contribution in [0.25, 0.3) is 0 Å². The number of carbonyl (C=O) groups excluding carboxylic acids is 3. The Hall–Kier alpha value is -2.93. The average molecular weight is 521 g/mol. The smallest absolute Gasteiger partial charge is 0.263 e. The fourth-order valence-corrected chi connectivity index (χ4v) is 6.91. The van der Waals surface area contributed by atoms with Crippen molar-refractivity contribution in [3.63, 3.8) is 0 Å². The van der Waals surface area contributed by atoms with Gasteiger partial charge in [-0.25, -0.2) is 0 Å². The molecule has 4 aliphatic carbocycles. The second-order valence-corrected chi connectivity index (χ2v) is 10.7. The van der Waals surface area contributed by atoms with Crippen molar-refractivity contribution in [1.29, 1.82) is 0 Å². The molecule has 0 radical (unpaired) electrons. The maximum Gasteiger partial charge on any atom is 0.263 e. The van der Waals surface area contributed by atoms with Crippen LogP contribution in [0.4, 0.5) is 5.69 Å². The molecule has 1 aliphatic heterocycles. The SMILES string of the molecule is COc1ccccc1C(=O)N(CN1C(=O)C2C3C=CC(C4CC34)C2C1=O)c1ccc(Br)cc1C. The minimum absolute atomic E-state index is 0.112. The van der Waals surface area contributed by atoms with Crippen molar-refractivity contribution in [2.75, 3.05) is 18.7 Å². The molecule has 6 nitrogen and oxygen atoms in total. The molecule has 2 aromatic carbocycles. The summed E-state index contributed by atoms with van der Waals surface area (Å²) in [6.45, 7) is 1.80. The van der Waals surface area contributed by atoms with Crippen molar-refractivity contribution in [2.24, 2.45) is 35.5 Å². The number of rotatable bonds is 5. The van der Waals surface area contributed by atoms with E-state index in [4.69, 9.17) is 4.74 Å². The quantitative estimate of drug-likeness (QED) is 0.432. The minimum Gasteiger partial charge on any atom is -0.496 e. The minimum atomic E-state index is -0.317. The van der Waals surface area contributed by atoms with E-state index in [9.17, 15) is 14.4 Å². The molecule has 1 heterocycles. The molecule has 2 bridgehead atoms. The molecule has 3 fully saturated rings. The standard InChI is InChI=1S/C27H25BrN2O4/c1-14-11-15(28)7-10-21(14)29(25(31)18-5-3-4-6-22(18)34-2)13-30-26(32)23-16-8-9-17(20-12-19(16)20)24(23)27(30)33/h3-11,16-17,19-20,23-24H,12-13H2,1-2H3. The van der Waals surface area contributed by atoms with Crippen LogP contribution in [-0.2, 0) is 9.59 Å². The lowest BCUT2D eigenvalue weighted by Gasteiger charge is -2.37. The number of hydrogen-bond donors (Lipinski definition) is 0. The first kappa shape index (κ1) is 21.6. The monoisotopic (exact) mass is 520 g/mol. The number of nitrogens with zero attached hydrogens (tertiary/aromatic N) is 2. The highest BCUT2D eigenvalue weighted by molar-refractivity contribution is 9.10. The van der Waals surface area contributed by atoms with E-state index in [-0.39, 0.29) is 48.1 Å². The molecule has 7 heteroatoms. The van der Waals surface area contributed by atoms with E-state index < -0.39 is 0 Å². The van der Waals surface area contributed by atoms with Crippen LogP contribution in [0.5, 0.6) is 5.75 Å². The van der Waals surface area contributed by atoms with Gasteiger partial charge in [0, 0.05) is 10.2 Å². The molecular formula is C27H25BrN2O4. The highest BCUT2D eigenvalue weighted by atomic mass is 79.9. The van der Waals surface area contributed by atoms with Gasteiger partial charge in [-0.2, -0.15) is 0 Å². The molecule has 2 saturated carbocycles. The van der Waals surface area contributed by atoms with Crippen LogP contribution in [0.1, 0.15) is 22.3 Å².